The predicted molar refractivity (Wildman–Crippen MR) is 67.8 cm³/mol. The largest absolute Gasteiger partial charge is 0.385 e. The Kier molecular flexibility index (Phi) is 3.21. The van der Waals surface area contributed by atoms with Crippen LogP contribution in [-0.4, -0.2) is 22.8 Å². The molecule has 1 unspecified atom stereocenters. The van der Waals surface area contributed by atoms with Gasteiger partial charge in [0.25, 0.3) is 0 Å². The molecule has 0 aliphatic carbocycles. The minimum absolute atomic E-state index is 0.0756. The number of carbonyl (C=O) groups excluding carboxylic acids is 1. The third-order valence-corrected chi connectivity index (χ3v) is 2.99. The monoisotopic (exact) mass is 260 g/mol. The Hall–Kier alpha value is -2.42. The highest BCUT2D eigenvalue weighted by atomic mass is 19.1. The number of rotatable bonds is 2. The Morgan fingerprint density at radius 2 is 2.21 bits per heavy atom. The lowest BCUT2D eigenvalue weighted by molar-refractivity contribution is 0.190. The number of nitrogens with zero attached hydrogens (tertiary/aromatic N) is 3. The van der Waals surface area contributed by atoms with E-state index in [1.54, 1.807) is 6.07 Å². The number of amidine groups is 1. The minimum atomic E-state index is -0.595. The van der Waals surface area contributed by atoms with Gasteiger partial charge in [0, 0.05) is 6.04 Å². The predicted octanol–water partition coefficient (Wildman–Crippen LogP) is 1.94. The first-order valence-electron chi connectivity index (χ1n) is 5.81. The van der Waals surface area contributed by atoms with E-state index in [4.69, 9.17) is 11.0 Å². The summed E-state index contributed by atoms with van der Waals surface area (Å²) in [6.45, 7) is 3.68. The minimum Gasteiger partial charge on any atom is -0.385 e. The molecule has 1 aromatic carbocycles. The summed E-state index contributed by atoms with van der Waals surface area (Å²) in [5, 5.41) is 8.85. The van der Waals surface area contributed by atoms with Crippen LogP contribution in [0.4, 0.5) is 9.18 Å². The van der Waals surface area contributed by atoms with Crippen molar-refractivity contribution < 1.29 is 9.18 Å². The maximum Gasteiger partial charge on any atom is 0.346 e. The zero-order valence-corrected chi connectivity index (χ0v) is 10.6. The van der Waals surface area contributed by atoms with Gasteiger partial charge >= 0.3 is 6.03 Å². The molecule has 19 heavy (non-hydrogen) atoms. The summed E-state index contributed by atoms with van der Waals surface area (Å²) < 4.78 is 13.3. The van der Waals surface area contributed by atoms with Crippen LogP contribution in [0, 0.1) is 17.1 Å². The molecule has 2 N–H and O–H groups in total. The van der Waals surface area contributed by atoms with Crippen LogP contribution in [0.25, 0.3) is 0 Å². The lowest BCUT2D eigenvalue weighted by atomic mass is 10.0. The van der Waals surface area contributed by atoms with Crippen molar-refractivity contribution >= 4 is 11.9 Å². The number of benzene rings is 1. The Morgan fingerprint density at radius 3 is 2.79 bits per heavy atom. The Balaban J connectivity index is 2.48. The zero-order valence-electron chi connectivity index (χ0n) is 10.6. The first kappa shape index (κ1) is 13.0. The van der Waals surface area contributed by atoms with Gasteiger partial charge in [0.15, 0.2) is 0 Å². The quantitative estimate of drug-likeness (QED) is 0.882. The van der Waals surface area contributed by atoms with Crippen LogP contribution in [0.1, 0.15) is 31.0 Å². The summed E-state index contributed by atoms with van der Waals surface area (Å²) >= 11 is 0. The first-order valence-corrected chi connectivity index (χ1v) is 5.81. The molecule has 1 aliphatic heterocycles. The molecule has 5 nitrogen and oxygen atoms in total. The van der Waals surface area contributed by atoms with E-state index in [1.807, 2.05) is 13.8 Å². The van der Waals surface area contributed by atoms with Gasteiger partial charge in [-0.1, -0.05) is 6.07 Å². The Labute approximate surface area is 110 Å². The fourth-order valence-corrected chi connectivity index (χ4v) is 2.13. The van der Waals surface area contributed by atoms with Crippen LogP contribution >= 0.6 is 0 Å². The van der Waals surface area contributed by atoms with Gasteiger partial charge in [-0.2, -0.15) is 10.3 Å². The molecule has 0 fully saturated rings. The van der Waals surface area contributed by atoms with E-state index in [2.05, 4.69) is 4.99 Å². The molecule has 0 saturated heterocycles. The van der Waals surface area contributed by atoms with Crippen LogP contribution in [-0.2, 0) is 0 Å². The summed E-state index contributed by atoms with van der Waals surface area (Å²) in [5.74, 6) is -0.434. The second-order valence-electron chi connectivity index (χ2n) is 4.57. The van der Waals surface area contributed by atoms with Gasteiger partial charge in [-0.05, 0) is 31.5 Å². The molecule has 0 saturated carbocycles. The third-order valence-electron chi connectivity index (χ3n) is 2.99. The molecule has 2 amide bonds. The normalized spacial score (nSPS) is 18.7. The van der Waals surface area contributed by atoms with Gasteiger partial charge in [-0.25, -0.2) is 9.18 Å². The van der Waals surface area contributed by atoms with E-state index in [-0.39, 0.29) is 17.4 Å². The fraction of sp³-hybridized carbons (Fsp3) is 0.308. The summed E-state index contributed by atoms with van der Waals surface area (Å²) in [5.41, 5.74) is 6.28. The maximum atomic E-state index is 13.3. The van der Waals surface area contributed by atoms with Gasteiger partial charge in [0.1, 0.15) is 23.8 Å². The fourth-order valence-electron chi connectivity index (χ4n) is 2.13. The highest BCUT2D eigenvalue weighted by Gasteiger charge is 2.36. The number of carbonyl (C=O) groups is 1. The van der Waals surface area contributed by atoms with Crippen molar-refractivity contribution in [1.82, 2.24) is 4.90 Å². The molecule has 1 aromatic rings. The van der Waals surface area contributed by atoms with Crippen LogP contribution in [0.15, 0.2) is 23.2 Å². The van der Waals surface area contributed by atoms with Crippen molar-refractivity contribution in [3.63, 3.8) is 0 Å². The number of urea groups is 1. The molecule has 1 heterocycles. The summed E-state index contributed by atoms with van der Waals surface area (Å²) in [7, 11) is 0. The molecule has 0 aromatic heterocycles. The Bertz CT molecular complexity index is 603. The van der Waals surface area contributed by atoms with Gasteiger partial charge in [-0.15, -0.1) is 0 Å². The summed E-state index contributed by atoms with van der Waals surface area (Å²) in [6, 6.07) is 4.82. The molecule has 98 valence electrons. The van der Waals surface area contributed by atoms with Crippen LogP contribution in [0.2, 0.25) is 0 Å². The molecule has 0 radical (unpaired) electrons. The highest BCUT2D eigenvalue weighted by Crippen LogP contribution is 2.29. The number of hydrogen-bond donors (Lipinski definition) is 1. The average molecular weight is 260 g/mol. The third kappa shape index (κ3) is 2.15. The molecule has 1 aliphatic rings. The van der Waals surface area contributed by atoms with E-state index in [1.165, 1.54) is 23.1 Å². The molecular weight excluding hydrogens is 247 g/mol. The zero-order chi connectivity index (χ0) is 14.2. The number of nitrogens with two attached hydrogens (primary N) is 1. The molecule has 1 atom stereocenters. The van der Waals surface area contributed by atoms with Crippen molar-refractivity contribution in [3.05, 3.63) is 35.1 Å². The number of amides is 2. The van der Waals surface area contributed by atoms with E-state index < -0.39 is 17.9 Å². The number of halogens is 1. The van der Waals surface area contributed by atoms with Gasteiger partial charge in [0.2, 0.25) is 0 Å². The van der Waals surface area contributed by atoms with Crippen LogP contribution in [0.5, 0.6) is 0 Å². The Morgan fingerprint density at radius 1 is 1.53 bits per heavy atom. The van der Waals surface area contributed by atoms with Crippen LogP contribution in [0.3, 0.4) is 0 Å². The standard InChI is InChI=1S/C13H13FN4O/c1-7(2)18-11(12(16)17-13(18)19)8-3-4-10(14)9(5-8)6-15/h3-5,7,11H,1-2H3,(H2,16,17,19). The lowest BCUT2D eigenvalue weighted by Gasteiger charge is -2.28. The van der Waals surface area contributed by atoms with Crippen molar-refractivity contribution in [3.8, 4) is 6.07 Å². The SMILES string of the molecule is CC(C)N1C(=O)N=C(N)C1c1ccc(F)c(C#N)c1. The van der Waals surface area contributed by atoms with Gasteiger partial charge in [0.05, 0.1) is 5.56 Å². The van der Waals surface area contributed by atoms with E-state index in [0.29, 0.717) is 5.56 Å². The van der Waals surface area contributed by atoms with Crippen molar-refractivity contribution in [2.75, 3.05) is 0 Å². The topological polar surface area (TPSA) is 82.5 Å². The average Bonchev–Trinajstić information content (AvgIpc) is 2.65. The van der Waals surface area contributed by atoms with Gasteiger partial charge in [-0.3, -0.25) is 0 Å². The molecule has 0 spiro atoms. The first-order chi connectivity index (χ1) is 8.95. The molecule has 2 rings (SSSR count). The second kappa shape index (κ2) is 4.69. The van der Waals surface area contributed by atoms with Crippen molar-refractivity contribution in [1.29, 1.82) is 5.26 Å². The number of nitriles is 1. The number of hydrogen-bond acceptors (Lipinski definition) is 3. The molecule has 6 heteroatoms. The van der Waals surface area contributed by atoms with Gasteiger partial charge < -0.3 is 10.6 Å². The smallest absolute Gasteiger partial charge is 0.346 e. The number of aliphatic imine (C=N–C) groups is 1. The lowest BCUT2D eigenvalue weighted by Crippen LogP contribution is -2.38. The van der Waals surface area contributed by atoms with Crippen LogP contribution < -0.4 is 5.73 Å². The van der Waals surface area contributed by atoms with E-state index in [9.17, 15) is 9.18 Å². The van der Waals surface area contributed by atoms with E-state index in [0.717, 1.165) is 0 Å². The maximum absolute atomic E-state index is 13.3. The van der Waals surface area contributed by atoms with E-state index >= 15 is 0 Å². The molecule has 0 bridgehead atoms. The second-order valence-corrected chi connectivity index (χ2v) is 4.57. The van der Waals surface area contributed by atoms with Crippen molar-refractivity contribution in [2.45, 2.75) is 25.9 Å². The summed E-state index contributed by atoms with van der Waals surface area (Å²) in [4.78, 5) is 17.0. The van der Waals surface area contributed by atoms with Crippen molar-refractivity contribution in [2.24, 2.45) is 10.7 Å². The molecular formula is C13H13FN4O. The summed E-state index contributed by atoms with van der Waals surface area (Å²) in [6.07, 6.45) is 0. The highest BCUT2D eigenvalue weighted by molar-refractivity contribution is 6.03.